The highest BCUT2D eigenvalue weighted by molar-refractivity contribution is 5.85. The Morgan fingerprint density at radius 1 is 1.61 bits per heavy atom. The Balaban J connectivity index is 2.02. The van der Waals surface area contributed by atoms with Crippen molar-refractivity contribution in [2.75, 3.05) is 25.6 Å². The van der Waals surface area contributed by atoms with Crippen LogP contribution in [0.1, 0.15) is 29.2 Å². The summed E-state index contributed by atoms with van der Waals surface area (Å²) in [5.74, 6) is 0.171. The molecule has 0 aromatic carbocycles. The van der Waals surface area contributed by atoms with Crippen LogP contribution in [-0.2, 0) is 9.47 Å². The Labute approximate surface area is 106 Å². The van der Waals surface area contributed by atoms with Crippen molar-refractivity contribution in [3.8, 4) is 0 Å². The molecule has 1 atom stereocenters. The minimum atomic E-state index is -0.529. The van der Waals surface area contributed by atoms with Gasteiger partial charge in [0.15, 0.2) is 0 Å². The van der Waals surface area contributed by atoms with Gasteiger partial charge in [-0.2, -0.15) is 0 Å². The molecule has 2 heterocycles. The number of aryl methyl sites for hydroxylation is 1. The second-order valence-electron chi connectivity index (χ2n) is 4.23. The van der Waals surface area contributed by atoms with E-state index in [0.717, 1.165) is 25.1 Å². The summed E-state index contributed by atoms with van der Waals surface area (Å²) < 4.78 is 10.1. The van der Waals surface area contributed by atoms with Crippen LogP contribution in [0, 0.1) is 6.92 Å². The van der Waals surface area contributed by atoms with E-state index >= 15 is 0 Å². The Kier molecular flexibility index (Phi) is 4.09. The van der Waals surface area contributed by atoms with Crippen LogP contribution in [0.4, 0.5) is 5.82 Å². The van der Waals surface area contributed by atoms with E-state index in [0.29, 0.717) is 12.4 Å². The maximum atomic E-state index is 11.4. The first-order valence-electron chi connectivity index (χ1n) is 5.98. The van der Waals surface area contributed by atoms with Gasteiger partial charge in [-0.05, 0) is 19.8 Å². The van der Waals surface area contributed by atoms with Gasteiger partial charge in [0.1, 0.15) is 5.82 Å². The number of hydrogen-bond acceptors (Lipinski definition) is 6. The van der Waals surface area contributed by atoms with Gasteiger partial charge in [-0.15, -0.1) is 0 Å². The summed E-state index contributed by atoms with van der Waals surface area (Å²) in [6.45, 7) is 3.32. The van der Waals surface area contributed by atoms with Crippen molar-refractivity contribution in [1.29, 1.82) is 0 Å². The number of anilines is 1. The van der Waals surface area contributed by atoms with Crippen LogP contribution in [0.25, 0.3) is 0 Å². The highest BCUT2D eigenvalue weighted by Crippen LogP contribution is 2.13. The molecule has 1 unspecified atom stereocenters. The maximum absolute atomic E-state index is 11.4. The molecule has 18 heavy (non-hydrogen) atoms. The second-order valence-corrected chi connectivity index (χ2v) is 4.23. The predicted molar refractivity (Wildman–Crippen MR) is 65.6 cm³/mol. The third-order valence-electron chi connectivity index (χ3n) is 2.76. The molecule has 1 aromatic rings. The molecule has 0 spiro atoms. The molecule has 1 aromatic heterocycles. The zero-order valence-corrected chi connectivity index (χ0v) is 10.6. The van der Waals surface area contributed by atoms with Gasteiger partial charge < -0.3 is 14.8 Å². The molecule has 1 saturated heterocycles. The fraction of sp³-hybridized carbons (Fsp3) is 0.583. The summed E-state index contributed by atoms with van der Waals surface area (Å²) >= 11 is 0. The number of carbonyl (C=O) groups is 1. The van der Waals surface area contributed by atoms with E-state index in [1.54, 1.807) is 6.07 Å². The molecule has 1 aliphatic rings. The summed E-state index contributed by atoms with van der Waals surface area (Å²) in [7, 11) is 1.31. The van der Waals surface area contributed by atoms with Crippen LogP contribution >= 0.6 is 0 Å². The Bertz CT molecular complexity index is 431. The van der Waals surface area contributed by atoms with E-state index in [4.69, 9.17) is 4.74 Å². The fourth-order valence-electron chi connectivity index (χ4n) is 1.87. The lowest BCUT2D eigenvalue weighted by Gasteiger charge is -2.12. The van der Waals surface area contributed by atoms with E-state index in [1.165, 1.54) is 7.11 Å². The largest absolute Gasteiger partial charge is 0.463 e. The molecule has 0 aliphatic carbocycles. The molecule has 0 saturated carbocycles. The number of rotatable bonds is 4. The number of nitrogens with zero attached hydrogens (tertiary/aromatic N) is 2. The van der Waals surface area contributed by atoms with Crippen molar-refractivity contribution in [1.82, 2.24) is 9.97 Å². The molecule has 2 rings (SSSR count). The summed E-state index contributed by atoms with van der Waals surface area (Å²) in [4.78, 5) is 19.5. The lowest BCUT2D eigenvalue weighted by Crippen LogP contribution is -2.20. The number of esters is 1. The molecule has 0 amide bonds. The van der Waals surface area contributed by atoms with Crippen LogP contribution in [-0.4, -0.2) is 42.3 Å². The Morgan fingerprint density at radius 2 is 2.44 bits per heavy atom. The van der Waals surface area contributed by atoms with Gasteiger partial charge in [0.25, 0.3) is 0 Å². The van der Waals surface area contributed by atoms with Gasteiger partial charge in [0, 0.05) is 24.9 Å². The van der Waals surface area contributed by atoms with Gasteiger partial charge in [0.2, 0.25) is 5.82 Å². The molecule has 98 valence electrons. The standard InChI is InChI=1S/C12H17N3O3/c1-8-6-10(13-7-9-4-3-5-18-9)15-11(14-8)12(16)17-2/h6,9H,3-5,7H2,1-2H3,(H,13,14,15). The van der Waals surface area contributed by atoms with E-state index in [-0.39, 0.29) is 11.9 Å². The van der Waals surface area contributed by atoms with E-state index in [1.807, 2.05) is 6.92 Å². The highest BCUT2D eigenvalue weighted by atomic mass is 16.5. The summed E-state index contributed by atoms with van der Waals surface area (Å²) in [5, 5.41) is 3.16. The van der Waals surface area contributed by atoms with Gasteiger partial charge in [-0.3, -0.25) is 0 Å². The molecule has 1 fully saturated rings. The van der Waals surface area contributed by atoms with Gasteiger partial charge in [-0.1, -0.05) is 0 Å². The molecule has 1 aliphatic heterocycles. The van der Waals surface area contributed by atoms with Crippen molar-refractivity contribution in [3.63, 3.8) is 0 Å². The summed E-state index contributed by atoms with van der Waals surface area (Å²) in [6.07, 6.45) is 2.38. The second kappa shape index (κ2) is 5.77. The van der Waals surface area contributed by atoms with Crippen LogP contribution in [0.15, 0.2) is 6.07 Å². The van der Waals surface area contributed by atoms with Crippen molar-refractivity contribution in [2.45, 2.75) is 25.9 Å². The molecule has 6 nitrogen and oxygen atoms in total. The van der Waals surface area contributed by atoms with E-state index in [9.17, 15) is 4.79 Å². The quantitative estimate of drug-likeness (QED) is 0.809. The lowest BCUT2D eigenvalue weighted by atomic mass is 10.2. The first-order chi connectivity index (χ1) is 8.69. The first kappa shape index (κ1) is 12.8. The first-order valence-corrected chi connectivity index (χ1v) is 5.98. The number of nitrogens with one attached hydrogen (secondary N) is 1. The van der Waals surface area contributed by atoms with E-state index in [2.05, 4.69) is 20.0 Å². The van der Waals surface area contributed by atoms with Crippen molar-refractivity contribution in [2.24, 2.45) is 0 Å². The molecule has 1 N–H and O–H groups in total. The van der Waals surface area contributed by atoms with Crippen LogP contribution in [0.2, 0.25) is 0 Å². The molecule has 6 heteroatoms. The van der Waals surface area contributed by atoms with Crippen molar-refractivity contribution < 1.29 is 14.3 Å². The summed E-state index contributed by atoms with van der Waals surface area (Å²) in [6, 6.07) is 1.79. The fourth-order valence-corrected chi connectivity index (χ4v) is 1.87. The zero-order valence-electron chi connectivity index (χ0n) is 10.6. The number of ether oxygens (including phenoxy) is 2. The Morgan fingerprint density at radius 3 is 3.11 bits per heavy atom. The third kappa shape index (κ3) is 3.16. The maximum Gasteiger partial charge on any atom is 0.376 e. The molecule has 0 bridgehead atoms. The smallest absolute Gasteiger partial charge is 0.376 e. The average Bonchev–Trinajstić information content (AvgIpc) is 2.88. The number of aromatic nitrogens is 2. The van der Waals surface area contributed by atoms with Gasteiger partial charge >= 0.3 is 5.97 Å². The number of carbonyl (C=O) groups excluding carboxylic acids is 1. The third-order valence-corrected chi connectivity index (χ3v) is 2.76. The topological polar surface area (TPSA) is 73.3 Å². The van der Waals surface area contributed by atoms with Crippen LogP contribution < -0.4 is 5.32 Å². The molecular formula is C12H17N3O3. The monoisotopic (exact) mass is 251 g/mol. The number of methoxy groups -OCH3 is 1. The Hall–Kier alpha value is -1.69. The average molecular weight is 251 g/mol. The highest BCUT2D eigenvalue weighted by Gasteiger charge is 2.16. The lowest BCUT2D eigenvalue weighted by molar-refractivity contribution is 0.0586. The van der Waals surface area contributed by atoms with Crippen molar-refractivity contribution in [3.05, 3.63) is 17.6 Å². The zero-order chi connectivity index (χ0) is 13.0. The van der Waals surface area contributed by atoms with Crippen molar-refractivity contribution >= 4 is 11.8 Å². The van der Waals surface area contributed by atoms with Gasteiger partial charge in [-0.25, -0.2) is 14.8 Å². The normalized spacial score (nSPS) is 18.7. The molecular weight excluding hydrogens is 234 g/mol. The van der Waals surface area contributed by atoms with Gasteiger partial charge in [0.05, 0.1) is 13.2 Å². The number of hydrogen-bond donors (Lipinski definition) is 1. The van der Waals surface area contributed by atoms with Crippen LogP contribution in [0.5, 0.6) is 0 Å². The molecule has 0 radical (unpaired) electrons. The van der Waals surface area contributed by atoms with E-state index < -0.39 is 5.97 Å². The van der Waals surface area contributed by atoms with Crippen LogP contribution in [0.3, 0.4) is 0 Å². The minimum absolute atomic E-state index is 0.0762. The SMILES string of the molecule is COC(=O)c1nc(C)cc(NCC2CCCO2)n1. The predicted octanol–water partition coefficient (Wildman–Crippen LogP) is 1.16. The minimum Gasteiger partial charge on any atom is -0.463 e. The summed E-state index contributed by atoms with van der Waals surface area (Å²) in [5.41, 5.74) is 0.722.